The molecule has 140 valence electrons. The third-order valence-electron chi connectivity index (χ3n) is 5.10. The first kappa shape index (κ1) is 18.6. The minimum absolute atomic E-state index is 0.134. The second-order valence-corrected chi connectivity index (χ2v) is 8.51. The summed E-state index contributed by atoms with van der Waals surface area (Å²) in [7, 11) is -1.17. The van der Waals surface area contributed by atoms with Gasteiger partial charge in [0.25, 0.3) is 0 Å². The lowest BCUT2D eigenvalue weighted by Gasteiger charge is -2.18. The van der Waals surface area contributed by atoms with Crippen LogP contribution in [0.15, 0.2) is 40.8 Å². The number of sulfonamides is 1. The molecule has 0 radical (unpaired) electrons. The monoisotopic (exact) mass is 379 g/mol. The second-order valence-electron chi connectivity index (χ2n) is 6.57. The number of fused-ring (bicyclic) bond motifs is 1. The molecular formula is C18H21NO6S. The standard InChI is InChI=1S/C18H21NO6S/c1-11-4-6-12(7-5-11)26(22,23)19-9-15-13(17(20)24-2)8-14(16(15)10-19)18(21)25-3/h4-8,13,15-16H,9-10H2,1-3H3/t13-,15+,16-/m1/s1. The highest BCUT2D eigenvalue weighted by molar-refractivity contribution is 7.89. The van der Waals surface area contributed by atoms with E-state index in [4.69, 9.17) is 9.47 Å². The number of hydrogen-bond donors (Lipinski definition) is 0. The molecule has 3 atom stereocenters. The van der Waals surface area contributed by atoms with Gasteiger partial charge in [0.15, 0.2) is 0 Å². The van der Waals surface area contributed by atoms with E-state index in [1.165, 1.54) is 18.5 Å². The van der Waals surface area contributed by atoms with E-state index in [-0.39, 0.29) is 29.8 Å². The molecule has 1 saturated heterocycles. The van der Waals surface area contributed by atoms with E-state index in [9.17, 15) is 18.0 Å². The summed E-state index contributed by atoms with van der Waals surface area (Å²) in [5, 5.41) is 0. The van der Waals surface area contributed by atoms with E-state index in [1.807, 2.05) is 6.92 Å². The molecule has 1 aliphatic carbocycles. The molecule has 0 unspecified atom stereocenters. The van der Waals surface area contributed by atoms with Crippen LogP contribution in [0.5, 0.6) is 0 Å². The fraction of sp³-hybridized carbons (Fsp3) is 0.444. The zero-order valence-corrected chi connectivity index (χ0v) is 15.7. The highest BCUT2D eigenvalue weighted by Crippen LogP contribution is 2.44. The number of hydrogen-bond acceptors (Lipinski definition) is 6. The summed E-state index contributed by atoms with van der Waals surface area (Å²) < 4.78 is 36.8. The predicted octanol–water partition coefficient (Wildman–Crippen LogP) is 1.13. The lowest BCUT2D eigenvalue weighted by molar-refractivity contribution is -0.145. The summed E-state index contributed by atoms with van der Waals surface area (Å²) in [5.41, 5.74) is 1.30. The third-order valence-corrected chi connectivity index (χ3v) is 6.95. The van der Waals surface area contributed by atoms with Crippen LogP contribution in [0.3, 0.4) is 0 Å². The fourth-order valence-corrected chi connectivity index (χ4v) is 5.20. The molecule has 7 nitrogen and oxygen atoms in total. The molecule has 1 aromatic carbocycles. The first-order chi connectivity index (χ1) is 12.3. The van der Waals surface area contributed by atoms with Crippen molar-refractivity contribution in [1.29, 1.82) is 0 Å². The van der Waals surface area contributed by atoms with Crippen LogP contribution in [0.1, 0.15) is 5.56 Å². The maximum Gasteiger partial charge on any atom is 0.333 e. The Morgan fingerprint density at radius 3 is 2.31 bits per heavy atom. The van der Waals surface area contributed by atoms with Crippen LogP contribution in [-0.4, -0.2) is 52.0 Å². The highest BCUT2D eigenvalue weighted by atomic mass is 32.2. The molecule has 0 N–H and O–H groups in total. The van der Waals surface area contributed by atoms with Gasteiger partial charge in [0, 0.05) is 24.6 Å². The summed E-state index contributed by atoms with van der Waals surface area (Å²) in [6.45, 7) is 2.16. The van der Waals surface area contributed by atoms with Crippen LogP contribution in [-0.2, 0) is 29.1 Å². The van der Waals surface area contributed by atoms with Gasteiger partial charge in [0.05, 0.1) is 25.0 Å². The fourth-order valence-electron chi connectivity index (χ4n) is 3.70. The zero-order chi connectivity index (χ0) is 19.1. The van der Waals surface area contributed by atoms with Gasteiger partial charge < -0.3 is 9.47 Å². The smallest absolute Gasteiger partial charge is 0.333 e. The third kappa shape index (κ3) is 3.03. The molecular weight excluding hydrogens is 358 g/mol. The molecule has 26 heavy (non-hydrogen) atoms. The van der Waals surface area contributed by atoms with Gasteiger partial charge in [-0.15, -0.1) is 0 Å². The maximum atomic E-state index is 12.9. The molecule has 0 amide bonds. The Hall–Kier alpha value is -2.19. The lowest BCUT2D eigenvalue weighted by atomic mass is 9.89. The maximum absolute atomic E-state index is 12.9. The minimum Gasteiger partial charge on any atom is -0.469 e. The van der Waals surface area contributed by atoms with Crippen LogP contribution in [0.25, 0.3) is 0 Å². The average Bonchev–Trinajstić information content (AvgIpc) is 3.20. The molecule has 0 spiro atoms. The number of rotatable bonds is 4. The number of ether oxygens (including phenoxy) is 2. The van der Waals surface area contributed by atoms with Crippen LogP contribution < -0.4 is 0 Å². The Kier molecular flexibility index (Phi) is 4.90. The summed E-state index contributed by atoms with van der Waals surface area (Å²) in [6.07, 6.45) is 1.56. The van der Waals surface area contributed by atoms with E-state index < -0.39 is 27.9 Å². The molecule has 1 heterocycles. The van der Waals surface area contributed by atoms with E-state index in [2.05, 4.69) is 0 Å². The van der Waals surface area contributed by atoms with Crippen LogP contribution in [0, 0.1) is 24.7 Å². The van der Waals surface area contributed by atoms with Crippen molar-refractivity contribution in [3.63, 3.8) is 0 Å². The Morgan fingerprint density at radius 2 is 1.73 bits per heavy atom. The average molecular weight is 379 g/mol. The number of carbonyl (C=O) groups is 2. The van der Waals surface area contributed by atoms with Crippen molar-refractivity contribution in [2.45, 2.75) is 11.8 Å². The number of benzene rings is 1. The van der Waals surface area contributed by atoms with Crippen molar-refractivity contribution in [3.05, 3.63) is 41.5 Å². The second kappa shape index (κ2) is 6.85. The van der Waals surface area contributed by atoms with Crippen molar-refractivity contribution in [1.82, 2.24) is 4.31 Å². The molecule has 1 aliphatic heterocycles. The van der Waals surface area contributed by atoms with Gasteiger partial charge in [-0.1, -0.05) is 23.8 Å². The first-order valence-electron chi connectivity index (χ1n) is 8.24. The molecule has 8 heteroatoms. The van der Waals surface area contributed by atoms with Gasteiger partial charge in [-0.25, -0.2) is 13.2 Å². The van der Waals surface area contributed by atoms with E-state index >= 15 is 0 Å². The van der Waals surface area contributed by atoms with Gasteiger partial charge in [0.2, 0.25) is 10.0 Å². The molecule has 0 saturated carbocycles. The highest BCUT2D eigenvalue weighted by Gasteiger charge is 2.51. The number of esters is 2. The summed E-state index contributed by atoms with van der Waals surface area (Å²) in [5.74, 6) is -2.39. The van der Waals surface area contributed by atoms with Gasteiger partial charge >= 0.3 is 11.9 Å². The quantitative estimate of drug-likeness (QED) is 0.729. The topological polar surface area (TPSA) is 90.0 Å². The van der Waals surface area contributed by atoms with Crippen molar-refractivity contribution in [2.24, 2.45) is 17.8 Å². The number of aryl methyl sites for hydroxylation is 1. The molecule has 3 rings (SSSR count). The Balaban J connectivity index is 1.92. The SMILES string of the molecule is COC(=O)C1=C[C@@H](C(=O)OC)[C@@H]2CN(S(=O)(=O)c3ccc(C)cc3)C[C@H]12. The van der Waals surface area contributed by atoms with Crippen molar-refractivity contribution >= 4 is 22.0 Å². The summed E-state index contributed by atoms with van der Waals surface area (Å²) in [4.78, 5) is 24.4. The van der Waals surface area contributed by atoms with E-state index in [0.29, 0.717) is 5.57 Å². The Morgan fingerprint density at radius 1 is 1.08 bits per heavy atom. The van der Waals surface area contributed by atoms with Gasteiger partial charge in [-0.2, -0.15) is 4.31 Å². The van der Waals surface area contributed by atoms with Crippen LogP contribution in [0.2, 0.25) is 0 Å². The van der Waals surface area contributed by atoms with Gasteiger partial charge in [-0.3, -0.25) is 4.79 Å². The van der Waals surface area contributed by atoms with Crippen LogP contribution >= 0.6 is 0 Å². The molecule has 0 aromatic heterocycles. The summed E-state index contributed by atoms with van der Waals surface area (Å²) >= 11 is 0. The lowest BCUT2D eigenvalue weighted by Crippen LogP contribution is -2.31. The Labute approximate surface area is 152 Å². The zero-order valence-electron chi connectivity index (χ0n) is 14.8. The number of carbonyl (C=O) groups excluding carboxylic acids is 2. The largest absolute Gasteiger partial charge is 0.469 e. The van der Waals surface area contributed by atoms with Crippen molar-refractivity contribution in [3.8, 4) is 0 Å². The summed E-state index contributed by atoms with van der Waals surface area (Å²) in [6, 6.07) is 6.60. The van der Waals surface area contributed by atoms with Gasteiger partial charge in [-0.05, 0) is 25.0 Å². The van der Waals surface area contributed by atoms with Gasteiger partial charge in [0.1, 0.15) is 0 Å². The minimum atomic E-state index is -3.71. The van der Waals surface area contributed by atoms with E-state index in [1.54, 1.807) is 30.3 Å². The molecule has 1 aromatic rings. The van der Waals surface area contributed by atoms with Crippen LogP contribution in [0.4, 0.5) is 0 Å². The van der Waals surface area contributed by atoms with Crippen molar-refractivity contribution < 1.29 is 27.5 Å². The Bertz CT molecular complexity index is 858. The predicted molar refractivity (Wildman–Crippen MR) is 92.5 cm³/mol. The number of methoxy groups -OCH3 is 2. The first-order valence-corrected chi connectivity index (χ1v) is 9.68. The van der Waals surface area contributed by atoms with E-state index in [0.717, 1.165) is 5.56 Å². The molecule has 0 bridgehead atoms. The molecule has 1 fully saturated rings. The molecule has 2 aliphatic rings. The number of nitrogens with zero attached hydrogens (tertiary/aromatic N) is 1. The normalized spacial score (nSPS) is 25.5. The van der Waals surface area contributed by atoms with Crippen molar-refractivity contribution in [2.75, 3.05) is 27.3 Å².